The predicted octanol–water partition coefficient (Wildman–Crippen LogP) is 0.450. The first-order valence-corrected chi connectivity index (χ1v) is 6.81. The molecule has 0 aromatic carbocycles. The van der Waals surface area contributed by atoms with Crippen molar-refractivity contribution < 1.29 is 23.8 Å². The number of carbonyl (C=O) groups is 2. The fourth-order valence-electron chi connectivity index (χ4n) is 2.28. The smallest absolute Gasteiger partial charge is 0.334 e. The lowest BCUT2D eigenvalue weighted by Crippen LogP contribution is -2.48. The zero-order valence-electron chi connectivity index (χ0n) is 11.7. The maximum absolute atomic E-state index is 12.3. The third-order valence-electron chi connectivity index (χ3n) is 3.40. The molecule has 1 saturated heterocycles. The van der Waals surface area contributed by atoms with Gasteiger partial charge in [-0.2, -0.15) is 0 Å². The number of carbonyl (C=O) groups excluding carboxylic acids is 1. The molecule has 1 fully saturated rings. The molecule has 1 atom stereocenters. The summed E-state index contributed by atoms with van der Waals surface area (Å²) in [6.45, 7) is 1.05. The number of amides is 1. The molecule has 0 bridgehead atoms. The zero-order chi connectivity index (χ0) is 15.5. The van der Waals surface area contributed by atoms with Crippen molar-refractivity contribution in [2.45, 2.75) is 12.6 Å². The van der Waals surface area contributed by atoms with E-state index in [9.17, 15) is 9.59 Å². The molecule has 1 N–H and O–H groups in total. The third kappa shape index (κ3) is 3.01. The Kier molecular flexibility index (Phi) is 3.92. The van der Waals surface area contributed by atoms with Crippen molar-refractivity contribution in [1.82, 2.24) is 14.5 Å². The summed E-state index contributed by atoms with van der Waals surface area (Å²) in [5, 5.41) is 8.96. The molecule has 0 radical (unpaired) electrons. The van der Waals surface area contributed by atoms with Gasteiger partial charge in [-0.15, -0.1) is 0 Å². The lowest BCUT2D eigenvalue weighted by Gasteiger charge is -2.30. The Morgan fingerprint density at radius 3 is 3.00 bits per heavy atom. The van der Waals surface area contributed by atoms with Crippen LogP contribution < -0.4 is 0 Å². The van der Waals surface area contributed by atoms with Gasteiger partial charge in [-0.25, -0.2) is 9.78 Å². The summed E-state index contributed by atoms with van der Waals surface area (Å²) < 4.78 is 12.5. The van der Waals surface area contributed by atoms with E-state index in [1.165, 1.54) is 4.90 Å². The van der Waals surface area contributed by atoms with E-state index in [-0.39, 0.29) is 24.8 Å². The van der Waals surface area contributed by atoms with Crippen LogP contribution in [0.3, 0.4) is 0 Å². The number of aromatic nitrogens is 2. The average Bonchev–Trinajstić information content (AvgIpc) is 3.19. The monoisotopic (exact) mass is 305 g/mol. The molecule has 3 rings (SSSR count). The average molecular weight is 305 g/mol. The maximum Gasteiger partial charge on any atom is 0.334 e. The molecule has 116 valence electrons. The van der Waals surface area contributed by atoms with Gasteiger partial charge in [0.2, 0.25) is 0 Å². The molecule has 8 nitrogen and oxygen atoms in total. The summed E-state index contributed by atoms with van der Waals surface area (Å²) in [6.07, 6.45) is 4.12. The molecule has 8 heteroatoms. The van der Waals surface area contributed by atoms with Crippen molar-refractivity contribution in [1.29, 1.82) is 0 Å². The Morgan fingerprint density at radius 2 is 2.27 bits per heavy atom. The van der Waals surface area contributed by atoms with E-state index in [1.54, 1.807) is 30.9 Å². The van der Waals surface area contributed by atoms with Gasteiger partial charge >= 0.3 is 5.97 Å². The van der Waals surface area contributed by atoms with Crippen LogP contribution in [0.5, 0.6) is 0 Å². The standard InChI is InChI=1S/C14H15N3O5/c18-13(17-5-6-21-12(8-17)14(19)20)11-2-1-10(22-11)7-16-4-3-15-9-16/h1-4,9,12H,5-8H2,(H,19,20)/t12-/m0/s1. The van der Waals surface area contributed by atoms with Crippen LogP contribution in [0.4, 0.5) is 0 Å². The first-order valence-electron chi connectivity index (χ1n) is 6.81. The van der Waals surface area contributed by atoms with E-state index in [4.69, 9.17) is 14.3 Å². The van der Waals surface area contributed by atoms with Gasteiger partial charge in [-0.3, -0.25) is 4.79 Å². The first-order chi connectivity index (χ1) is 10.6. The fraction of sp³-hybridized carbons (Fsp3) is 0.357. The van der Waals surface area contributed by atoms with Gasteiger partial charge < -0.3 is 23.7 Å². The second kappa shape index (κ2) is 6.02. The quantitative estimate of drug-likeness (QED) is 0.880. The number of furan rings is 1. The van der Waals surface area contributed by atoms with Crippen LogP contribution in [0.2, 0.25) is 0 Å². The van der Waals surface area contributed by atoms with E-state index in [2.05, 4.69) is 4.98 Å². The zero-order valence-corrected chi connectivity index (χ0v) is 11.7. The van der Waals surface area contributed by atoms with Gasteiger partial charge in [0, 0.05) is 18.9 Å². The van der Waals surface area contributed by atoms with Gasteiger partial charge in [0.25, 0.3) is 5.91 Å². The van der Waals surface area contributed by atoms with Gasteiger partial charge in [-0.05, 0) is 12.1 Å². The van der Waals surface area contributed by atoms with Crippen molar-refractivity contribution in [3.8, 4) is 0 Å². The maximum atomic E-state index is 12.3. The molecule has 22 heavy (non-hydrogen) atoms. The summed E-state index contributed by atoms with van der Waals surface area (Å²) in [6, 6.07) is 3.32. The van der Waals surface area contributed by atoms with Gasteiger partial charge in [0.1, 0.15) is 5.76 Å². The Labute approximate surface area is 125 Å². The Bertz CT molecular complexity index is 664. The van der Waals surface area contributed by atoms with Crippen LogP contribution in [-0.4, -0.2) is 57.2 Å². The van der Waals surface area contributed by atoms with Crippen molar-refractivity contribution >= 4 is 11.9 Å². The number of carboxylic acids is 1. The SMILES string of the molecule is O=C(O)[C@@H]1CN(C(=O)c2ccc(Cn3ccnc3)o2)CCO1. The number of nitrogens with zero attached hydrogens (tertiary/aromatic N) is 3. The minimum Gasteiger partial charge on any atom is -0.479 e. The molecule has 2 aromatic heterocycles. The number of ether oxygens (including phenoxy) is 1. The highest BCUT2D eigenvalue weighted by molar-refractivity contribution is 5.92. The molecular weight excluding hydrogens is 290 g/mol. The summed E-state index contributed by atoms with van der Waals surface area (Å²) in [4.78, 5) is 28.7. The number of aliphatic carboxylic acids is 1. The molecule has 0 saturated carbocycles. The van der Waals surface area contributed by atoms with Gasteiger partial charge in [-0.1, -0.05) is 0 Å². The first kappa shape index (κ1) is 14.3. The van der Waals surface area contributed by atoms with Crippen LogP contribution >= 0.6 is 0 Å². The molecular formula is C14H15N3O5. The van der Waals surface area contributed by atoms with E-state index in [0.29, 0.717) is 18.8 Å². The van der Waals surface area contributed by atoms with Crippen molar-refractivity contribution in [3.05, 3.63) is 42.4 Å². The molecule has 1 aliphatic rings. The number of rotatable bonds is 4. The van der Waals surface area contributed by atoms with E-state index < -0.39 is 12.1 Å². The molecule has 0 unspecified atom stereocenters. The predicted molar refractivity (Wildman–Crippen MR) is 73.3 cm³/mol. The third-order valence-corrected chi connectivity index (χ3v) is 3.40. The summed E-state index contributed by atoms with van der Waals surface area (Å²) in [7, 11) is 0. The number of hydrogen-bond donors (Lipinski definition) is 1. The second-order valence-corrected chi connectivity index (χ2v) is 4.95. The number of carboxylic acid groups (broad SMARTS) is 1. The molecule has 0 spiro atoms. The molecule has 2 aromatic rings. The Hall–Kier alpha value is -2.61. The van der Waals surface area contributed by atoms with Crippen molar-refractivity contribution in [2.75, 3.05) is 19.7 Å². The topological polar surface area (TPSA) is 97.8 Å². The number of hydrogen-bond acceptors (Lipinski definition) is 5. The highest BCUT2D eigenvalue weighted by atomic mass is 16.5. The number of imidazole rings is 1. The van der Waals surface area contributed by atoms with Crippen LogP contribution in [0.25, 0.3) is 0 Å². The van der Waals surface area contributed by atoms with E-state index >= 15 is 0 Å². The van der Waals surface area contributed by atoms with Crippen molar-refractivity contribution in [2.24, 2.45) is 0 Å². The summed E-state index contributed by atoms with van der Waals surface area (Å²) in [5.74, 6) is -0.574. The normalized spacial score (nSPS) is 18.4. The molecule has 1 amide bonds. The second-order valence-electron chi connectivity index (χ2n) is 4.95. The highest BCUT2D eigenvalue weighted by Gasteiger charge is 2.30. The van der Waals surface area contributed by atoms with Crippen LogP contribution in [0.15, 0.2) is 35.3 Å². The summed E-state index contributed by atoms with van der Waals surface area (Å²) >= 11 is 0. The minimum absolute atomic E-state index is 0.0196. The Balaban J connectivity index is 1.67. The minimum atomic E-state index is -1.07. The lowest BCUT2D eigenvalue weighted by molar-refractivity contribution is -0.154. The number of morpholine rings is 1. The van der Waals surface area contributed by atoms with E-state index in [1.807, 2.05) is 4.57 Å². The van der Waals surface area contributed by atoms with Crippen LogP contribution in [0.1, 0.15) is 16.3 Å². The highest BCUT2D eigenvalue weighted by Crippen LogP contribution is 2.15. The lowest BCUT2D eigenvalue weighted by atomic mass is 10.2. The molecule has 1 aliphatic heterocycles. The van der Waals surface area contributed by atoms with Crippen LogP contribution in [-0.2, 0) is 16.1 Å². The fourth-order valence-corrected chi connectivity index (χ4v) is 2.28. The van der Waals surface area contributed by atoms with E-state index in [0.717, 1.165) is 0 Å². The molecule has 3 heterocycles. The van der Waals surface area contributed by atoms with Gasteiger partial charge in [0.15, 0.2) is 11.9 Å². The van der Waals surface area contributed by atoms with Crippen molar-refractivity contribution in [3.63, 3.8) is 0 Å². The largest absolute Gasteiger partial charge is 0.479 e. The summed E-state index contributed by atoms with van der Waals surface area (Å²) in [5.41, 5.74) is 0. The van der Waals surface area contributed by atoms with Crippen LogP contribution in [0, 0.1) is 0 Å². The molecule has 0 aliphatic carbocycles. The Morgan fingerprint density at radius 1 is 1.41 bits per heavy atom. The van der Waals surface area contributed by atoms with Gasteiger partial charge in [0.05, 0.1) is 26.0 Å².